The normalized spacial score (nSPS) is 17.3. The molecule has 1 aromatic carbocycles. The van der Waals surface area contributed by atoms with Gasteiger partial charge in [-0.15, -0.1) is 0 Å². The van der Waals surface area contributed by atoms with Crippen molar-refractivity contribution in [3.63, 3.8) is 0 Å². The van der Waals surface area contributed by atoms with Crippen LogP contribution in [0.2, 0.25) is 0 Å². The van der Waals surface area contributed by atoms with Crippen LogP contribution in [0.5, 0.6) is 0 Å². The van der Waals surface area contributed by atoms with Crippen LogP contribution in [-0.4, -0.2) is 5.91 Å². The predicted molar refractivity (Wildman–Crippen MR) is 75.3 cm³/mol. The summed E-state index contributed by atoms with van der Waals surface area (Å²) in [5.74, 6) is 0.0274. The van der Waals surface area contributed by atoms with E-state index in [-0.39, 0.29) is 11.9 Å². The number of aryl methyl sites for hydroxylation is 1. The summed E-state index contributed by atoms with van der Waals surface area (Å²) in [7, 11) is 0. The molecule has 0 aliphatic heterocycles. The van der Waals surface area contributed by atoms with Gasteiger partial charge in [0.05, 0.1) is 6.04 Å². The van der Waals surface area contributed by atoms with Crippen LogP contribution in [0, 0.1) is 0 Å². The maximum atomic E-state index is 11.3. The lowest BCUT2D eigenvalue weighted by Gasteiger charge is -2.16. The molecule has 0 saturated carbocycles. The van der Waals surface area contributed by atoms with Gasteiger partial charge in [-0.05, 0) is 42.0 Å². The number of nitrogens with one attached hydrogen (secondary N) is 1. The molecule has 96 valence electrons. The van der Waals surface area contributed by atoms with Crippen LogP contribution < -0.4 is 5.32 Å². The lowest BCUT2D eigenvalue weighted by molar-refractivity contribution is -0.119. The van der Waals surface area contributed by atoms with Crippen LogP contribution in [0.1, 0.15) is 56.3 Å². The van der Waals surface area contributed by atoms with Crippen molar-refractivity contribution in [3.8, 4) is 0 Å². The third-order valence-corrected chi connectivity index (χ3v) is 3.47. The van der Waals surface area contributed by atoms with Crippen molar-refractivity contribution in [1.82, 2.24) is 5.32 Å². The van der Waals surface area contributed by atoms with Gasteiger partial charge in [-0.25, -0.2) is 0 Å². The molecule has 1 N–H and O–H groups in total. The van der Waals surface area contributed by atoms with Gasteiger partial charge in [0.1, 0.15) is 0 Å². The number of carbonyl (C=O) groups excluding carboxylic acids is 1. The predicted octanol–water partition coefficient (Wildman–Crippen LogP) is 3.62. The Kier molecular flexibility index (Phi) is 3.85. The van der Waals surface area contributed by atoms with E-state index in [1.54, 1.807) is 6.92 Å². The average molecular weight is 243 g/mol. The zero-order chi connectivity index (χ0) is 13.1. The number of rotatable bonds is 4. The largest absolute Gasteiger partial charge is 0.346 e. The quantitative estimate of drug-likeness (QED) is 0.859. The molecule has 1 amide bonds. The van der Waals surface area contributed by atoms with Crippen molar-refractivity contribution < 1.29 is 4.79 Å². The summed E-state index contributed by atoms with van der Waals surface area (Å²) >= 11 is 0. The number of fused-ring (bicyclic) bond motifs is 1. The van der Waals surface area contributed by atoms with Crippen molar-refractivity contribution in [2.45, 2.75) is 46.1 Å². The Morgan fingerprint density at radius 1 is 1.39 bits per heavy atom. The van der Waals surface area contributed by atoms with Crippen LogP contribution in [0.25, 0.3) is 6.08 Å². The molecule has 1 atom stereocenters. The van der Waals surface area contributed by atoms with E-state index < -0.39 is 0 Å². The minimum absolute atomic E-state index is 0.0274. The Bertz CT molecular complexity index is 488. The minimum atomic E-state index is 0.0274. The van der Waals surface area contributed by atoms with Crippen molar-refractivity contribution in [3.05, 3.63) is 40.5 Å². The lowest BCUT2D eigenvalue weighted by atomic mass is 9.99. The molecule has 1 aliphatic rings. The number of benzene rings is 1. The van der Waals surface area contributed by atoms with Gasteiger partial charge in [0.25, 0.3) is 0 Å². The Hall–Kier alpha value is -1.57. The summed E-state index contributed by atoms with van der Waals surface area (Å²) in [6.07, 6.45) is 5.72. The molecule has 0 heterocycles. The zero-order valence-electron chi connectivity index (χ0n) is 11.4. The zero-order valence-corrected chi connectivity index (χ0v) is 11.4. The fourth-order valence-corrected chi connectivity index (χ4v) is 2.51. The van der Waals surface area contributed by atoms with Crippen molar-refractivity contribution in [2.24, 2.45) is 0 Å². The molecule has 0 spiro atoms. The molecule has 1 unspecified atom stereocenters. The van der Waals surface area contributed by atoms with E-state index in [1.807, 2.05) is 0 Å². The first-order valence-electron chi connectivity index (χ1n) is 6.70. The molecule has 18 heavy (non-hydrogen) atoms. The van der Waals surface area contributed by atoms with E-state index in [0.717, 1.165) is 6.42 Å². The maximum Gasteiger partial charge on any atom is 0.217 e. The highest BCUT2D eigenvalue weighted by molar-refractivity contribution is 5.76. The molecule has 0 bridgehead atoms. The number of hydrogen-bond acceptors (Lipinski definition) is 1. The van der Waals surface area contributed by atoms with E-state index in [9.17, 15) is 4.79 Å². The van der Waals surface area contributed by atoms with E-state index in [1.165, 1.54) is 35.1 Å². The first-order chi connectivity index (χ1) is 8.61. The highest BCUT2D eigenvalue weighted by Crippen LogP contribution is 2.34. The average Bonchev–Trinajstić information content (AvgIpc) is 2.63. The van der Waals surface area contributed by atoms with Gasteiger partial charge in [-0.3, -0.25) is 4.79 Å². The van der Waals surface area contributed by atoms with E-state index in [4.69, 9.17) is 0 Å². The molecule has 1 aliphatic carbocycles. The molecule has 0 saturated heterocycles. The first kappa shape index (κ1) is 12.9. The summed E-state index contributed by atoms with van der Waals surface area (Å²) in [6.45, 7) is 5.86. The second-order valence-electron chi connectivity index (χ2n) is 5.09. The molecule has 1 aromatic rings. The van der Waals surface area contributed by atoms with Gasteiger partial charge in [0, 0.05) is 6.92 Å². The first-order valence-corrected chi connectivity index (χ1v) is 6.70. The number of unbranched alkanes of at least 4 members (excludes halogenated alkanes) is 1. The van der Waals surface area contributed by atoms with Crippen LogP contribution in [0.4, 0.5) is 0 Å². The summed E-state index contributed by atoms with van der Waals surface area (Å²) in [4.78, 5) is 11.3. The van der Waals surface area contributed by atoms with Crippen molar-refractivity contribution in [1.29, 1.82) is 0 Å². The molecule has 2 heteroatoms. The molecule has 0 radical (unpaired) electrons. The summed E-state index contributed by atoms with van der Waals surface area (Å²) in [6, 6.07) is 6.69. The van der Waals surface area contributed by atoms with Gasteiger partial charge < -0.3 is 5.32 Å². The Labute approximate surface area is 109 Å². The van der Waals surface area contributed by atoms with Crippen molar-refractivity contribution >= 4 is 12.0 Å². The van der Waals surface area contributed by atoms with Crippen LogP contribution in [-0.2, 0) is 11.2 Å². The molecular weight excluding hydrogens is 222 g/mol. The highest BCUT2D eigenvalue weighted by Gasteiger charge is 2.23. The highest BCUT2D eigenvalue weighted by atomic mass is 16.1. The fraction of sp³-hybridized carbons (Fsp3) is 0.438. The Morgan fingerprint density at radius 3 is 2.83 bits per heavy atom. The van der Waals surface area contributed by atoms with Gasteiger partial charge in [-0.1, -0.05) is 37.6 Å². The van der Waals surface area contributed by atoms with E-state index in [2.05, 4.69) is 43.4 Å². The van der Waals surface area contributed by atoms with Crippen LogP contribution >= 0.6 is 0 Å². The third kappa shape index (κ3) is 2.63. The Balaban J connectivity index is 2.25. The van der Waals surface area contributed by atoms with E-state index >= 15 is 0 Å². The molecule has 2 nitrogen and oxygen atoms in total. The topological polar surface area (TPSA) is 29.1 Å². The van der Waals surface area contributed by atoms with Gasteiger partial charge >= 0.3 is 0 Å². The van der Waals surface area contributed by atoms with Gasteiger partial charge in [-0.2, -0.15) is 0 Å². The number of amides is 1. The van der Waals surface area contributed by atoms with Gasteiger partial charge in [0.2, 0.25) is 5.91 Å². The Morgan fingerprint density at radius 2 is 2.17 bits per heavy atom. The maximum absolute atomic E-state index is 11.3. The third-order valence-electron chi connectivity index (χ3n) is 3.47. The smallest absolute Gasteiger partial charge is 0.217 e. The fourth-order valence-electron chi connectivity index (χ4n) is 2.51. The van der Waals surface area contributed by atoms with Crippen molar-refractivity contribution in [2.75, 3.05) is 0 Å². The SMILES string of the molecule is CCCCc1ccc2c(c1)C(NC(C)=O)C(C)=C2. The van der Waals surface area contributed by atoms with E-state index in [0.29, 0.717) is 0 Å². The summed E-state index contributed by atoms with van der Waals surface area (Å²) < 4.78 is 0. The second kappa shape index (κ2) is 5.38. The van der Waals surface area contributed by atoms with Crippen LogP contribution in [0.3, 0.4) is 0 Å². The standard InChI is InChI=1S/C16H21NO/c1-4-5-6-13-7-8-14-9-11(2)16(15(14)10-13)17-12(3)18/h7-10,16H,4-6H2,1-3H3,(H,17,18). The molecule has 0 aromatic heterocycles. The number of hydrogen-bond donors (Lipinski definition) is 1. The lowest BCUT2D eigenvalue weighted by Crippen LogP contribution is -2.25. The van der Waals surface area contributed by atoms with Gasteiger partial charge in [0.15, 0.2) is 0 Å². The van der Waals surface area contributed by atoms with Crippen LogP contribution in [0.15, 0.2) is 23.8 Å². The number of carbonyl (C=O) groups is 1. The summed E-state index contributed by atoms with van der Waals surface area (Å²) in [5.41, 5.74) is 5.07. The summed E-state index contributed by atoms with van der Waals surface area (Å²) in [5, 5.41) is 3.02. The molecule has 0 fully saturated rings. The second-order valence-corrected chi connectivity index (χ2v) is 5.09. The monoisotopic (exact) mass is 243 g/mol. The molecular formula is C16H21NO. The minimum Gasteiger partial charge on any atom is -0.346 e. The molecule has 2 rings (SSSR count).